The molecule has 2 aromatic carbocycles. The summed E-state index contributed by atoms with van der Waals surface area (Å²) in [5.74, 6) is -1.74. The van der Waals surface area contributed by atoms with Crippen molar-refractivity contribution in [2.75, 3.05) is 13.7 Å². The highest BCUT2D eigenvalue weighted by Gasteiger charge is 2.51. The van der Waals surface area contributed by atoms with Gasteiger partial charge in [0.2, 0.25) is 5.88 Å². The fourth-order valence-corrected chi connectivity index (χ4v) is 3.95. The number of nitrogens with zero attached hydrogens (tertiary/aromatic N) is 3. The molecule has 0 saturated carbocycles. The predicted molar refractivity (Wildman–Crippen MR) is 106 cm³/mol. The molecule has 4 rings (SSSR count). The summed E-state index contributed by atoms with van der Waals surface area (Å²) in [7, 11) is 1.64. The van der Waals surface area contributed by atoms with Crippen molar-refractivity contribution in [1.82, 2.24) is 19.8 Å². The van der Waals surface area contributed by atoms with Gasteiger partial charge in [0, 0.05) is 24.9 Å². The number of aromatic nitrogens is 1. The Morgan fingerprint density at radius 1 is 1.03 bits per heavy atom. The lowest BCUT2D eigenvalue weighted by atomic mass is 9.90. The van der Waals surface area contributed by atoms with E-state index < -0.39 is 29.0 Å². The minimum Gasteiger partial charge on any atom is -0.439 e. The average Bonchev–Trinajstić information content (AvgIpc) is 3.02. The van der Waals surface area contributed by atoms with Crippen LogP contribution in [-0.4, -0.2) is 28.1 Å². The summed E-state index contributed by atoms with van der Waals surface area (Å²) in [6.45, 7) is 0.0855. The number of halogens is 6. The first kappa shape index (κ1) is 22.4. The van der Waals surface area contributed by atoms with Crippen LogP contribution in [0, 0.1) is 11.6 Å². The second kappa shape index (κ2) is 8.28. The van der Waals surface area contributed by atoms with E-state index >= 15 is 0 Å². The molecule has 1 fully saturated rings. The molecule has 5 nitrogen and oxygen atoms in total. The number of benzene rings is 2. The number of para-hydroxylation sites is 1. The van der Waals surface area contributed by atoms with Gasteiger partial charge in [0.05, 0.1) is 17.8 Å². The number of hydrogen-bond donors (Lipinski definition) is 1. The van der Waals surface area contributed by atoms with Gasteiger partial charge in [0.15, 0.2) is 5.66 Å². The highest BCUT2D eigenvalue weighted by molar-refractivity contribution is 6.14. The molecule has 0 aliphatic carbocycles. The number of ether oxygens (including phenoxy) is 1. The van der Waals surface area contributed by atoms with E-state index in [0.717, 1.165) is 24.3 Å². The van der Waals surface area contributed by atoms with Gasteiger partial charge in [0.25, 0.3) is 0 Å². The topological polar surface area (TPSA) is 40.6 Å². The maximum atomic E-state index is 14.9. The summed E-state index contributed by atoms with van der Waals surface area (Å²) in [4.78, 5) is 3.70. The number of nitrogens with one attached hydrogen (secondary N) is 1. The van der Waals surface area contributed by atoms with Gasteiger partial charge < -0.3 is 4.74 Å². The van der Waals surface area contributed by atoms with Gasteiger partial charge in [-0.2, -0.15) is 17.6 Å². The molecular formula is C21H16ClF5N4O. The minimum atomic E-state index is -4.55. The van der Waals surface area contributed by atoms with Crippen LogP contribution in [0.5, 0.6) is 11.6 Å². The van der Waals surface area contributed by atoms with Crippen LogP contribution in [0.25, 0.3) is 0 Å². The second-order valence-corrected chi connectivity index (χ2v) is 7.51. The summed E-state index contributed by atoms with van der Waals surface area (Å²) in [5.41, 5.74) is 0.196. The number of hydrazine groups is 1. The maximum Gasteiger partial charge on any atom is 0.417 e. The largest absolute Gasteiger partial charge is 0.439 e. The van der Waals surface area contributed by atoms with Crippen molar-refractivity contribution in [2.24, 2.45) is 0 Å². The van der Waals surface area contributed by atoms with Crippen LogP contribution in [0.1, 0.15) is 16.7 Å². The molecule has 32 heavy (non-hydrogen) atoms. The average molecular weight is 471 g/mol. The van der Waals surface area contributed by atoms with Crippen molar-refractivity contribution in [3.63, 3.8) is 0 Å². The van der Waals surface area contributed by atoms with E-state index in [2.05, 4.69) is 10.4 Å². The Balaban J connectivity index is 1.83. The lowest BCUT2D eigenvalue weighted by Crippen LogP contribution is -2.49. The number of pyridine rings is 1. The molecule has 11 heteroatoms. The lowest BCUT2D eigenvalue weighted by Gasteiger charge is -2.35. The zero-order valence-corrected chi connectivity index (χ0v) is 17.3. The van der Waals surface area contributed by atoms with E-state index in [0.29, 0.717) is 6.20 Å². The maximum absolute atomic E-state index is 14.9. The quantitative estimate of drug-likeness (QED) is 0.417. The third kappa shape index (κ3) is 3.90. The van der Waals surface area contributed by atoms with Crippen molar-refractivity contribution >= 4 is 11.8 Å². The van der Waals surface area contributed by atoms with Crippen LogP contribution in [0.15, 0.2) is 60.8 Å². The molecule has 1 aliphatic heterocycles. The van der Waals surface area contributed by atoms with E-state index in [1.165, 1.54) is 21.6 Å². The SMILES string of the molecule is CN1CN(Cl)C(c2ccccc2Oc2ccc(C(F)(F)F)cn2)(c2c(F)cccc2F)N1. The fourth-order valence-electron chi connectivity index (χ4n) is 3.58. The van der Waals surface area contributed by atoms with Gasteiger partial charge in [-0.1, -0.05) is 24.3 Å². The Labute approximate surface area is 185 Å². The summed E-state index contributed by atoms with van der Waals surface area (Å²) >= 11 is 6.49. The number of hydrogen-bond acceptors (Lipinski definition) is 5. The van der Waals surface area contributed by atoms with E-state index in [1.54, 1.807) is 25.2 Å². The fraction of sp³-hybridized carbons (Fsp3) is 0.190. The van der Waals surface area contributed by atoms with Crippen LogP contribution in [0.4, 0.5) is 22.0 Å². The van der Waals surface area contributed by atoms with Gasteiger partial charge in [-0.15, -0.1) is 0 Å². The predicted octanol–water partition coefficient (Wildman–Crippen LogP) is 5.24. The van der Waals surface area contributed by atoms with Crippen molar-refractivity contribution in [1.29, 1.82) is 0 Å². The molecule has 3 aromatic rings. The Bertz CT molecular complexity index is 1110. The molecular weight excluding hydrogens is 455 g/mol. The highest BCUT2D eigenvalue weighted by Crippen LogP contribution is 2.45. The Morgan fingerprint density at radius 2 is 1.72 bits per heavy atom. The first-order chi connectivity index (χ1) is 15.1. The van der Waals surface area contributed by atoms with E-state index in [1.807, 2.05) is 0 Å². The van der Waals surface area contributed by atoms with Crippen molar-refractivity contribution < 1.29 is 26.7 Å². The summed E-state index contributed by atoms with van der Waals surface area (Å²) in [5, 5.41) is 1.53. The Morgan fingerprint density at radius 3 is 2.28 bits per heavy atom. The number of alkyl halides is 3. The van der Waals surface area contributed by atoms with E-state index in [-0.39, 0.29) is 29.4 Å². The monoisotopic (exact) mass is 470 g/mol. The molecule has 1 saturated heterocycles. The Kier molecular flexibility index (Phi) is 5.80. The van der Waals surface area contributed by atoms with E-state index in [4.69, 9.17) is 16.5 Å². The van der Waals surface area contributed by atoms with Crippen molar-refractivity contribution in [2.45, 2.75) is 11.8 Å². The van der Waals surface area contributed by atoms with Crippen LogP contribution in [-0.2, 0) is 11.8 Å². The molecule has 1 aliphatic rings. The normalized spacial score (nSPS) is 20.0. The minimum absolute atomic E-state index is 0.0855. The standard InChI is InChI=1S/C21H16ClF5N4O/c1-30-12-31(22)20(29-30,19-15(23)6-4-7-16(19)24)14-5-2-3-8-17(14)32-18-10-9-13(11-28-18)21(25,26)27/h2-11,29H,12H2,1H3. The van der Waals surface area contributed by atoms with Crippen LogP contribution >= 0.6 is 11.8 Å². The third-order valence-electron chi connectivity index (χ3n) is 4.93. The molecule has 0 radical (unpaired) electrons. The molecule has 2 heterocycles. The summed E-state index contributed by atoms with van der Waals surface area (Å²) in [6, 6.07) is 11.6. The molecule has 0 amide bonds. The molecule has 1 unspecified atom stereocenters. The van der Waals surface area contributed by atoms with Crippen LogP contribution < -0.4 is 10.2 Å². The lowest BCUT2D eigenvalue weighted by molar-refractivity contribution is -0.137. The smallest absolute Gasteiger partial charge is 0.417 e. The van der Waals surface area contributed by atoms with Gasteiger partial charge >= 0.3 is 6.18 Å². The number of rotatable bonds is 4. The molecule has 1 aromatic heterocycles. The van der Waals surface area contributed by atoms with Crippen LogP contribution in [0.2, 0.25) is 0 Å². The zero-order chi connectivity index (χ0) is 23.1. The van der Waals surface area contributed by atoms with Gasteiger partial charge in [0.1, 0.15) is 17.4 Å². The zero-order valence-electron chi connectivity index (χ0n) is 16.5. The van der Waals surface area contributed by atoms with Gasteiger partial charge in [-0.05, 0) is 36.0 Å². The first-order valence-electron chi connectivity index (χ1n) is 9.30. The Hall–Kier alpha value is -2.79. The van der Waals surface area contributed by atoms with Gasteiger partial charge in [-0.25, -0.2) is 24.2 Å². The van der Waals surface area contributed by atoms with Gasteiger partial charge in [-0.3, -0.25) is 0 Å². The third-order valence-corrected chi connectivity index (χ3v) is 5.29. The second-order valence-electron chi connectivity index (χ2n) is 7.10. The van der Waals surface area contributed by atoms with E-state index in [9.17, 15) is 22.0 Å². The molecule has 1 N–H and O–H groups in total. The first-order valence-corrected chi connectivity index (χ1v) is 9.64. The molecule has 0 bridgehead atoms. The highest BCUT2D eigenvalue weighted by atomic mass is 35.5. The van der Waals surface area contributed by atoms with Crippen LogP contribution in [0.3, 0.4) is 0 Å². The molecule has 1 atom stereocenters. The summed E-state index contributed by atoms with van der Waals surface area (Å²) < 4.78 is 75.2. The summed E-state index contributed by atoms with van der Waals surface area (Å²) in [6.07, 6.45) is -3.91. The molecule has 0 spiro atoms. The van der Waals surface area contributed by atoms with Crippen molar-refractivity contribution in [3.05, 3.63) is 89.1 Å². The molecule has 168 valence electrons. The van der Waals surface area contributed by atoms with Crippen molar-refractivity contribution in [3.8, 4) is 11.6 Å².